The van der Waals surface area contributed by atoms with Crippen LogP contribution in [0.4, 0.5) is 0 Å². The smallest absolute Gasteiger partial charge is 0.241 e. The van der Waals surface area contributed by atoms with Gasteiger partial charge in [-0.1, -0.05) is 29.3 Å². The van der Waals surface area contributed by atoms with E-state index in [1.54, 1.807) is 37.3 Å². The molecule has 5 heteroatoms. The number of allylic oxidation sites excluding steroid dienone is 2. The molecule has 0 aliphatic rings. The van der Waals surface area contributed by atoms with Crippen LogP contribution in [0.2, 0.25) is 5.02 Å². The SMILES string of the molecule is CC(C)=CC(=O)c1ccccc1Oc1nc(C)ncc1Cl. The number of hydrogen-bond donors (Lipinski definition) is 0. The van der Waals surface area contributed by atoms with Crippen molar-refractivity contribution in [3.63, 3.8) is 0 Å². The second kappa shape index (κ2) is 6.50. The molecule has 0 atom stereocenters. The Morgan fingerprint density at radius 2 is 2.00 bits per heavy atom. The van der Waals surface area contributed by atoms with Crippen molar-refractivity contribution in [2.45, 2.75) is 20.8 Å². The molecule has 1 aromatic heterocycles. The average Bonchev–Trinajstić information content (AvgIpc) is 2.42. The van der Waals surface area contributed by atoms with Crippen molar-refractivity contribution in [2.75, 3.05) is 0 Å². The topological polar surface area (TPSA) is 52.1 Å². The van der Waals surface area contributed by atoms with Gasteiger partial charge in [0.25, 0.3) is 0 Å². The molecular weight excluding hydrogens is 288 g/mol. The molecule has 0 amide bonds. The fraction of sp³-hybridized carbons (Fsp3) is 0.188. The first-order valence-corrected chi connectivity index (χ1v) is 6.80. The molecule has 0 N–H and O–H groups in total. The van der Waals surface area contributed by atoms with Gasteiger partial charge in [-0.15, -0.1) is 0 Å². The molecule has 0 radical (unpaired) electrons. The van der Waals surface area contributed by atoms with Crippen LogP contribution in [0.25, 0.3) is 0 Å². The van der Waals surface area contributed by atoms with E-state index in [0.717, 1.165) is 5.57 Å². The molecule has 1 heterocycles. The van der Waals surface area contributed by atoms with Crippen molar-refractivity contribution < 1.29 is 9.53 Å². The van der Waals surface area contributed by atoms with Gasteiger partial charge >= 0.3 is 0 Å². The van der Waals surface area contributed by atoms with Crippen molar-refractivity contribution in [1.82, 2.24) is 9.97 Å². The van der Waals surface area contributed by atoms with Crippen LogP contribution in [-0.4, -0.2) is 15.8 Å². The van der Waals surface area contributed by atoms with Gasteiger partial charge in [0.2, 0.25) is 5.88 Å². The molecule has 0 unspecified atom stereocenters. The second-order valence-corrected chi connectivity index (χ2v) is 5.16. The van der Waals surface area contributed by atoms with Gasteiger partial charge in [-0.05, 0) is 39.0 Å². The lowest BCUT2D eigenvalue weighted by atomic mass is 10.1. The molecule has 1 aromatic carbocycles. The fourth-order valence-corrected chi connectivity index (χ4v) is 1.84. The minimum absolute atomic E-state index is 0.118. The lowest BCUT2D eigenvalue weighted by Crippen LogP contribution is -2.01. The van der Waals surface area contributed by atoms with E-state index in [-0.39, 0.29) is 11.7 Å². The van der Waals surface area contributed by atoms with Crippen LogP contribution in [0, 0.1) is 6.92 Å². The van der Waals surface area contributed by atoms with E-state index in [2.05, 4.69) is 9.97 Å². The quantitative estimate of drug-likeness (QED) is 0.621. The van der Waals surface area contributed by atoms with Crippen LogP contribution in [-0.2, 0) is 0 Å². The predicted molar refractivity (Wildman–Crippen MR) is 82.1 cm³/mol. The highest BCUT2D eigenvalue weighted by molar-refractivity contribution is 6.31. The zero-order valence-electron chi connectivity index (χ0n) is 12.1. The number of aromatic nitrogens is 2. The molecule has 0 aliphatic carbocycles. The third-order valence-corrected chi connectivity index (χ3v) is 2.87. The zero-order chi connectivity index (χ0) is 15.4. The summed E-state index contributed by atoms with van der Waals surface area (Å²) in [5.41, 5.74) is 1.39. The van der Waals surface area contributed by atoms with E-state index in [1.807, 2.05) is 13.8 Å². The summed E-state index contributed by atoms with van der Waals surface area (Å²) in [7, 11) is 0. The summed E-state index contributed by atoms with van der Waals surface area (Å²) in [6, 6.07) is 6.99. The third-order valence-electron chi connectivity index (χ3n) is 2.61. The van der Waals surface area contributed by atoms with E-state index >= 15 is 0 Å². The lowest BCUT2D eigenvalue weighted by Gasteiger charge is -2.10. The summed E-state index contributed by atoms with van der Waals surface area (Å²) in [6.07, 6.45) is 3.04. The summed E-state index contributed by atoms with van der Waals surface area (Å²) in [5, 5.41) is 0.296. The van der Waals surface area contributed by atoms with Crippen molar-refractivity contribution in [1.29, 1.82) is 0 Å². The zero-order valence-corrected chi connectivity index (χ0v) is 12.8. The summed E-state index contributed by atoms with van der Waals surface area (Å²) in [5.74, 6) is 1.08. The molecule has 2 aromatic rings. The van der Waals surface area contributed by atoms with Gasteiger partial charge in [-0.2, -0.15) is 4.98 Å². The molecule has 2 rings (SSSR count). The van der Waals surface area contributed by atoms with E-state index in [4.69, 9.17) is 16.3 Å². The number of carbonyl (C=O) groups excluding carboxylic acids is 1. The minimum atomic E-state index is -0.118. The lowest BCUT2D eigenvalue weighted by molar-refractivity contribution is 0.104. The number of benzene rings is 1. The number of carbonyl (C=O) groups is 1. The summed E-state index contributed by atoms with van der Waals surface area (Å²) in [6.45, 7) is 5.47. The Bertz CT molecular complexity index is 707. The Labute approximate surface area is 128 Å². The number of para-hydroxylation sites is 1. The molecule has 108 valence electrons. The largest absolute Gasteiger partial charge is 0.437 e. The molecule has 0 saturated heterocycles. The second-order valence-electron chi connectivity index (χ2n) is 4.75. The Morgan fingerprint density at radius 3 is 2.71 bits per heavy atom. The molecule has 0 fully saturated rings. The Kier molecular flexibility index (Phi) is 4.70. The van der Waals surface area contributed by atoms with Crippen LogP contribution >= 0.6 is 11.6 Å². The maximum absolute atomic E-state index is 12.2. The molecule has 0 bridgehead atoms. The van der Waals surface area contributed by atoms with E-state index in [9.17, 15) is 4.79 Å². The number of ketones is 1. The van der Waals surface area contributed by atoms with E-state index in [1.165, 1.54) is 6.20 Å². The van der Waals surface area contributed by atoms with Crippen LogP contribution in [0.1, 0.15) is 30.0 Å². The van der Waals surface area contributed by atoms with Crippen molar-refractivity contribution >= 4 is 17.4 Å². The van der Waals surface area contributed by atoms with Crippen LogP contribution in [0.15, 0.2) is 42.1 Å². The Balaban J connectivity index is 2.39. The first kappa shape index (κ1) is 15.2. The monoisotopic (exact) mass is 302 g/mol. The number of ether oxygens (including phenoxy) is 1. The first-order chi connectivity index (χ1) is 9.97. The maximum Gasteiger partial charge on any atom is 0.241 e. The molecule has 4 nitrogen and oxygen atoms in total. The molecule has 0 aliphatic heterocycles. The van der Waals surface area contributed by atoms with Gasteiger partial charge in [0.05, 0.1) is 11.8 Å². The van der Waals surface area contributed by atoms with Crippen molar-refractivity contribution in [3.8, 4) is 11.6 Å². The van der Waals surface area contributed by atoms with Gasteiger partial charge in [-0.25, -0.2) is 4.98 Å². The van der Waals surface area contributed by atoms with Crippen molar-refractivity contribution in [2.24, 2.45) is 0 Å². The molecule has 0 saturated carbocycles. The first-order valence-electron chi connectivity index (χ1n) is 6.42. The van der Waals surface area contributed by atoms with Crippen LogP contribution in [0.3, 0.4) is 0 Å². The minimum Gasteiger partial charge on any atom is -0.437 e. The number of rotatable bonds is 4. The molecular formula is C16H15ClN2O2. The van der Waals surface area contributed by atoms with Crippen LogP contribution < -0.4 is 4.74 Å². The number of nitrogens with zero attached hydrogens (tertiary/aromatic N) is 2. The van der Waals surface area contributed by atoms with Crippen LogP contribution in [0.5, 0.6) is 11.6 Å². The highest BCUT2D eigenvalue weighted by Gasteiger charge is 2.13. The Hall–Kier alpha value is -2.20. The van der Waals surface area contributed by atoms with Gasteiger partial charge in [0.1, 0.15) is 16.6 Å². The molecule has 0 spiro atoms. The van der Waals surface area contributed by atoms with Gasteiger partial charge in [0.15, 0.2) is 5.78 Å². The van der Waals surface area contributed by atoms with E-state index in [0.29, 0.717) is 22.2 Å². The van der Waals surface area contributed by atoms with Gasteiger partial charge < -0.3 is 4.74 Å². The van der Waals surface area contributed by atoms with Crippen molar-refractivity contribution in [3.05, 3.63) is 58.5 Å². The number of hydrogen-bond acceptors (Lipinski definition) is 4. The number of halogens is 1. The highest BCUT2D eigenvalue weighted by atomic mass is 35.5. The Morgan fingerprint density at radius 1 is 1.29 bits per heavy atom. The molecule has 21 heavy (non-hydrogen) atoms. The summed E-state index contributed by atoms with van der Waals surface area (Å²) < 4.78 is 5.69. The predicted octanol–water partition coefficient (Wildman–Crippen LogP) is 4.38. The average molecular weight is 303 g/mol. The summed E-state index contributed by atoms with van der Waals surface area (Å²) in [4.78, 5) is 20.3. The van der Waals surface area contributed by atoms with Gasteiger partial charge in [0, 0.05) is 0 Å². The third kappa shape index (κ3) is 3.89. The van der Waals surface area contributed by atoms with Gasteiger partial charge in [-0.3, -0.25) is 4.79 Å². The standard InChI is InChI=1S/C16H15ClN2O2/c1-10(2)8-14(20)12-6-4-5-7-15(12)21-16-13(17)9-18-11(3)19-16/h4-9H,1-3H3. The maximum atomic E-state index is 12.2. The highest BCUT2D eigenvalue weighted by Crippen LogP contribution is 2.29. The normalized spacial score (nSPS) is 10.1. The fourth-order valence-electron chi connectivity index (χ4n) is 1.71. The number of aryl methyl sites for hydroxylation is 1. The summed E-state index contributed by atoms with van der Waals surface area (Å²) >= 11 is 6.02. The van der Waals surface area contributed by atoms with E-state index < -0.39 is 0 Å².